The number of aliphatic hydroxyl groups excluding tert-OH is 1. The van der Waals surface area contributed by atoms with Crippen molar-refractivity contribution in [1.29, 1.82) is 0 Å². The van der Waals surface area contributed by atoms with E-state index in [1.807, 2.05) is 0 Å². The monoisotopic (exact) mass is 799 g/mol. The molecule has 5 heteroatoms. The Bertz CT molecular complexity index is 950. The molecule has 57 heavy (non-hydrogen) atoms. The normalized spacial score (nSPS) is 12.5. The van der Waals surface area contributed by atoms with Crippen LogP contribution < -0.4 is 0 Å². The number of hydrogen-bond donors (Lipinski definition) is 1. The Labute approximate surface area is 354 Å². The van der Waals surface area contributed by atoms with Gasteiger partial charge in [0, 0.05) is 12.8 Å². The van der Waals surface area contributed by atoms with E-state index in [1.165, 1.54) is 161 Å². The average molecular weight is 799 g/mol. The fraction of sp³-hybridized carbons (Fsp3) is 0.808. The third kappa shape index (κ3) is 46.4. The summed E-state index contributed by atoms with van der Waals surface area (Å²) in [5.74, 6) is -0.585. The SMILES string of the molecule is CC/C=C\C/C=C\C/C=C\C/C=C\CCCCCCCCCCCCC(=O)OC(CO)COC(=O)CCCCCCCCCCCCCCCCCCCCCC. The van der Waals surface area contributed by atoms with E-state index in [0.717, 1.165) is 64.2 Å². The van der Waals surface area contributed by atoms with Gasteiger partial charge >= 0.3 is 11.9 Å². The Hall–Kier alpha value is -2.14. The van der Waals surface area contributed by atoms with Gasteiger partial charge in [-0.2, -0.15) is 0 Å². The zero-order valence-corrected chi connectivity index (χ0v) is 37.9. The van der Waals surface area contributed by atoms with Crippen molar-refractivity contribution in [2.45, 2.75) is 258 Å². The number of allylic oxidation sites excluding steroid dienone is 8. The van der Waals surface area contributed by atoms with E-state index >= 15 is 0 Å². The highest BCUT2D eigenvalue weighted by Crippen LogP contribution is 2.16. The molecule has 0 aliphatic carbocycles. The summed E-state index contributed by atoms with van der Waals surface area (Å²) in [6, 6.07) is 0. The van der Waals surface area contributed by atoms with Crippen LogP contribution in [0.5, 0.6) is 0 Å². The molecule has 0 aromatic carbocycles. The van der Waals surface area contributed by atoms with Gasteiger partial charge in [0.2, 0.25) is 0 Å². The number of rotatable bonds is 45. The van der Waals surface area contributed by atoms with Crippen LogP contribution in [-0.2, 0) is 19.1 Å². The smallest absolute Gasteiger partial charge is 0.306 e. The summed E-state index contributed by atoms with van der Waals surface area (Å²) < 4.78 is 10.7. The molecular formula is C52H94O5. The Morgan fingerprint density at radius 1 is 0.421 bits per heavy atom. The Balaban J connectivity index is 3.49. The van der Waals surface area contributed by atoms with Crippen molar-refractivity contribution in [3.05, 3.63) is 48.6 Å². The molecule has 0 spiro atoms. The quantitative estimate of drug-likeness (QED) is 0.0377. The van der Waals surface area contributed by atoms with Crippen LogP contribution >= 0.6 is 0 Å². The van der Waals surface area contributed by atoms with Crippen molar-refractivity contribution in [2.75, 3.05) is 13.2 Å². The minimum Gasteiger partial charge on any atom is -0.462 e. The Morgan fingerprint density at radius 2 is 0.754 bits per heavy atom. The van der Waals surface area contributed by atoms with Gasteiger partial charge in [-0.15, -0.1) is 0 Å². The van der Waals surface area contributed by atoms with Crippen LogP contribution in [0.3, 0.4) is 0 Å². The number of unbranched alkanes of at least 4 members (excludes halogenated alkanes) is 29. The zero-order chi connectivity index (χ0) is 41.4. The lowest BCUT2D eigenvalue weighted by Gasteiger charge is -2.15. The van der Waals surface area contributed by atoms with Gasteiger partial charge in [0.1, 0.15) is 6.61 Å². The van der Waals surface area contributed by atoms with Gasteiger partial charge < -0.3 is 14.6 Å². The molecule has 0 amide bonds. The van der Waals surface area contributed by atoms with Gasteiger partial charge in [-0.1, -0.05) is 236 Å². The lowest BCUT2D eigenvalue weighted by molar-refractivity contribution is -0.161. The standard InChI is InChI=1S/C52H94O5/c1-3-5-7-9-11-13-15-17-19-21-23-25-26-27-29-31-33-35-37-39-41-43-45-47-52(55)57-50(48-53)49-56-51(54)46-44-42-40-38-36-34-32-30-28-24-22-20-18-16-14-12-10-8-6-4-2/h5,7,11,13,17,19,23,25,50,53H,3-4,6,8-10,12,14-16,18,20-22,24,26-49H2,1-2H3/b7-5-,13-11-,19-17-,25-23-. The molecule has 0 saturated heterocycles. The fourth-order valence-electron chi connectivity index (χ4n) is 7.19. The molecule has 0 saturated carbocycles. The predicted molar refractivity (Wildman–Crippen MR) is 247 cm³/mol. The Kier molecular flexibility index (Phi) is 46.4. The second-order valence-corrected chi connectivity index (χ2v) is 16.5. The average Bonchev–Trinajstić information content (AvgIpc) is 3.21. The van der Waals surface area contributed by atoms with Crippen molar-refractivity contribution < 1.29 is 24.2 Å². The molecule has 0 aromatic rings. The number of aliphatic hydroxyl groups is 1. The summed E-state index contributed by atoms with van der Waals surface area (Å²) in [4.78, 5) is 24.4. The number of hydrogen-bond acceptors (Lipinski definition) is 5. The first-order valence-corrected chi connectivity index (χ1v) is 24.7. The van der Waals surface area contributed by atoms with E-state index < -0.39 is 6.10 Å². The molecule has 0 radical (unpaired) electrons. The lowest BCUT2D eigenvalue weighted by Crippen LogP contribution is -2.28. The van der Waals surface area contributed by atoms with Gasteiger partial charge in [0.15, 0.2) is 6.10 Å². The van der Waals surface area contributed by atoms with Crippen molar-refractivity contribution >= 4 is 11.9 Å². The summed E-state index contributed by atoms with van der Waals surface area (Å²) in [6.45, 7) is 4.05. The molecule has 1 unspecified atom stereocenters. The topological polar surface area (TPSA) is 72.8 Å². The predicted octanol–water partition coefficient (Wildman–Crippen LogP) is 16.1. The third-order valence-corrected chi connectivity index (χ3v) is 10.9. The van der Waals surface area contributed by atoms with Crippen molar-refractivity contribution in [3.8, 4) is 0 Å². The number of esters is 2. The largest absolute Gasteiger partial charge is 0.462 e. The summed E-state index contributed by atoms with van der Waals surface area (Å²) >= 11 is 0. The molecule has 1 atom stereocenters. The van der Waals surface area contributed by atoms with Crippen LogP contribution in [0, 0.1) is 0 Å². The van der Waals surface area contributed by atoms with Crippen molar-refractivity contribution in [2.24, 2.45) is 0 Å². The van der Waals surface area contributed by atoms with Crippen LogP contribution in [0.2, 0.25) is 0 Å². The highest BCUT2D eigenvalue weighted by atomic mass is 16.6. The zero-order valence-electron chi connectivity index (χ0n) is 37.9. The van der Waals surface area contributed by atoms with E-state index in [9.17, 15) is 14.7 Å². The number of carbonyl (C=O) groups is 2. The molecule has 0 aromatic heterocycles. The molecule has 332 valence electrons. The summed E-state index contributed by atoms with van der Waals surface area (Å²) in [7, 11) is 0. The molecule has 1 N–H and O–H groups in total. The van der Waals surface area contributed by atoms with Crippen LogP contribution in [-0.4, -0.2) is 36.4 Å². The molecule has 0 heterocycles. The van der Waals surface area contributed by atoms with Gasteiger partial charge in [0.05, 0.1) is 6.61 Å². The maximum atomic E-state index is 12.3. The van der Waals surface area contributed by atoms with Crippen LogP contribution in [0.25, 0.3) is 0 Å². The molecule has 5 nitrogen and oxygen atoms in total. The van der Waals surface area contributed by atoms with Gasteiger partial charge in [-0.25, -0.2) is 0 Å². The molecule has 0 aliphatic heterocycles. The first-order valence-electron chi connectivity index (χ1n) is 24.7. The first-order chi connectivity index (χ1) is 28.1. The van der Waals surface area contributed by atoms with Crippen molar-refractivity contribution in [3.63, 3.8) is 0 Å². The molecular weight excluding hydrogens is 705 g/mol. The lowest BCUT2D eigenvalue weighted by atomic mass is 10.0. The molecule has 0 aliphatic rings. The maximum Gasteiger partial charge on any atom is 0.306 e. The van der Waals surface area contributed by atoms with E-state index in [4.69, 9.17) is 9.47 Å². The second-order valence-electron chi connectivity index (χ2n) is 16.5. The van der Waals surface area contributed by atoms with Gasteiger partial charge in [0.25, 0.3) is 0 Å². The highest BCUT2D eigenvalue weighted by Gasteiger charge is 2.16. The second kappa shape index (κ2) is 48.2. The van der Waals surface area contributed by atoms with Gasteiger partial charge in [-0.05, 0) is 51.4 Å². The van der Waals surface area contributed by atoms with E-state index in [2.05, 4.69) is 62.5 Å². The minimum atomic E-state index is -0.773. The molecule has 0 rings (SSSR count). The number of carbonyl (C=O) groups excluding carboxylic acids is 2. The summed E-state index contributed by atoms with van der Waals surface area (Å²) in [6.07, 6.45) is 62.0. The first kappa shape index (κ1) is 54.9. The van der Waals surface area contributed by atoms with Gasteiger partial charge in [-0.3, -0.25) is 9.59 Å². The van der Waals surface area contributed by atoms with Crippen LogP contribution in [0.4, 0.5) is 0 Å². The fourth-order valence-corrected chi connectivity index (χ4v) is 7.19. The third-order valence-electron chi connectivity index (χ3n) is 10.9. The maximum absolute atomic E-state index is 12.3. The van der Waals surface area contributed by atoms with E-state index in [1.54, 1.807) is 0 Å². The molecule has 0 bridgehead atoms. The van der Waals surface area contributed by atoms with Crippen LogP contribution in [0.1, 0.15) is 251 Å². The Morgan fingerprint density at radius 3 is 1.14 bits per heavy atom. The van der Waals surface area contributed by atoms with E-state index in [0.29, 0.717) is 12.8 Å². The van der Waals surface area contributed by atoms with Crippen molar-refractivity contribution in [1.82, 2.24) is 0 Å². The summed E-state index contributed by atoms with van der Waals surface area (Å²) in [5, 5.41) is 9.62. The minimum absolute atomic E-state index is 0.0648. The van der Waals surface area contributed by atoms with E-state index in [-0.39, 0.29) is 25.2 Å². The number of ether oxygens (including phenoxy) is 2. The van der Waals surface area contributed by atoms with Crippen LogP contribution in [0.15, 0.2) is 48.6 Å². The molecule has 0 fully saturated rings. The highest BCUT2D eigenvalue weighted by molar-refractivity contribution is 5.70. The summed E-state index contributed by atoms with van der Waals surface area (Å²) in [5.41, 5.74) is 0.